The van der Waals surface area contributed by atoms with Crippen LogP contribution in [-0.2, 0) is 0 Å². The molecule has 13 rings (SSSR count). The van der Waals surface area contributed by atoms with Gasteiger partial charge in [0.25, 0.3) is 0 Å². The molecule has 3 aliphatic rings. The molecule has 61 heavy (non-hydrogen) atoms. The van der Waals surface area contributed by atoms with Gasteiger partial charge in [-0.2, -0.15) is 0 Å². The Labute approximate surface area is 357 Å². The number of anilines is 3. The highest BCUT2D eigenvalue weighted by Crippen LogP contribution is 2.60. The van der Waals surface area contributed by atoms with Crippen LogP contribution in [0.5, 0.6) is 0 Å². The molecule has 0 aromatic heterocycles. The second-order valence-electron chi connectivity index (χ2n) is 16.3. The summed E-state index contributed by atoms with van der Waals surface area (Å²) < 4.78 is 0. The first-order chi connectivity index (χ1) is 30.3. The van der Waals surface area contributed by atoms with Gasteiger partial charge >= 0.3 is 0 Å². The number of fused-ring (bicyclic) bond motifs is 1. The van der Waals surface area contributed by atoms with Crippen LogP contribution >= 0.6 is 0 Å². The number of benzene rings is 10. The minimum absolute atomic E-state index is 0.134. The van der Waals surface area contributed by atoms with Gasteiger partial charge in [0, 0.05) is 28.8 Å². The summed E-state index contributed by atoms with van der Waals surface area (Å²) in [5, 5.41) is 2.56. The predicted molar refractivity (Wildman–Crippen MR) is 255 cm³/mol. The highest BCUT2D eigenvalue weighted by molar-refractivity contribution is 5.99. The Kier molecular flexibility index (Phi) is 8.38. The zero-order chi connectivity index (χ0) is 40.3. The van der Waals surface area contributed by atoms with Crippen molar-refractivity contribution in [2.75, 3.05) is 4.90 Å². The largest absolute Gasteiger partial charge is 0.310 e. The second kappa shape index (κ2) is 14.5. The van der Waals surface area contributed by atoms with Crippen LogP contribution in [0, 0.1) is 0 Å². The number of nitrogens with zero attached hydrogens (tertiary/aromatic N) is 1. The third-order valence-electron chi connectivity index (χ3n) is 13.1. The van der Waals surface area contributed by atoms with Gasteiger partial charge in [0.05, 0.1) is 5.69 Å². The minimum Gasteiger partial charge on any atom is -0.310 e. The molecule has 286 valence electrons. The molecule has 0 heterocycles. The molecule has 10 aromatic rings. The standard InChI is InChI=1S/C60H41N/c1-4-17-40(18-5-1)44-33-38-56(55(39-44)42-19-6-2-7-20-42)61(45-23-8-3-9-24-45)46-34-31-43(32-35-46)48-36-37-54(49-30-16-22-41-21-10-11-25-47(41)49)60-58-52-28-14-12-26-50(52)57(59(48)60)51-27-13-15-29-53(51)58/h1-39,57-58H. The van der Waals surface area contributed by atoms with E-state index in [4.69, 9.17) is 0 Å². The molecular formula is C60H41N. The minimum atomic E-state index is 0.134. The van der Waals surface area contributed by atoms with Crippen molar-refractivity contribution in [1.82, 2.24) is 0 Å². The Morgan fingerprint density at radius 1 is 0.279 bits per heavy atom. The Bertz CT molecular complexity index is 3190. The van der Waals surface area contributed by atoms with E-state index in [9.17, 15) is 0 Å². The van der Waals surface area contributed by atoms with Gasteiger partial charge in [-0.3, -0.25) is 0 Å². The van der Waals surface area contributed by atoms with Crippen LogP contribution in [0.1, 0.15) is 45.2 Å². The maximum Gasteiger partial charge on any atom is 0.0540 e. The molecule has 0 radical (unpaired) electrons. The van der Waals surface area contributed by atoms with Crippen LogP contribution in [-0.4, -0.2) is 0 Å². The molecule has 0 unspecified atom stereocenters. The van der Waals surface area contributed by atoms with Gasteiger partial charge in [-0.15, -0.1) is 0 Å². The van der Waals surface area contributed by atoms with Crippen LogP contribution in [0.25, 0.3) is 55.3 Å². The maximum atomic E-state index is 2.41. The van der Waals surface area contributed by atoms with Crippen molar-refractivity contribution in [3.8, 4) is 44.5 Å². The summed E-state index contributed by atoms with van der Waals surface area (Å²) in [7, 11) is 0. The SMILES string of the molecule is c1ccc(-c2ccc(N(c3ccccc3)c3ccc(-c4ccc(-c5cccc6ccccc56)c5c4C4c6ccccc6C5c5ccccc54)cc3)c(-c3ccccc3)c2)cc1. The number of hydrogen-bond donors (Lipinski definition) is 0. The van der Waals surface area contributed by atoms with E-state index in [-0.39, 0.29) is 11.8 Å². The Morgan fingerprint density at radius 3 is 1.41 bits per heavy atom. The molecule has 0 aliphatic heterocycles. The first-order valence-corrected chi connectivity index (χ1v) is 21.3. The molecule has 1 heteroatoms. The summed E-state index contributed by atoms with van der Waals surface area (Å²) in [6.07, 6.45) is 0. The predicted octanol–water partition coefficient (Wildman–Crippen LogP) is 16.0. The van der Waals surface area contributed by atoms with Crippen molar-refractivity contribution in [3.05, 3.63) is 270 Å². The van der Waals surface area contributed by atoms with Gasteiger partial charge in [-0.05, 0) is 119 Å². The van der Waals surface area contributed by atoms with Crippen LogP contribution in [0.15, 0.2) is 237 Å². The van der Waals surface area contributed by atoms with Crippen molar-refractivity contribution in [1.29, 1.82) is 0 Å². The van der Waals surface area contributed by atoms with E-state index in [1.807, 2.05) is 0 Å². The third-order valence-corrected chi connectivity index (χ3v) is 13.1. The lowest BCUT2D eigenvalue weighted by molar-refractivity contribution is 0.758. The summed E-state index contributed by atoms with van der Waals surface area (Å²) in [6.45, 7) is 0. The lowest BCUT2D eigenvalue weighted by atomic mass is 9.58. The Hall–Kier alpha value is -7.74. The van der Waals surface area contributed by atoms with E-state index in [1.165, 1.54) is 88.7 Å². The number of hydrogen-bond acceptors (Lipinski definition) is 1. The highest BCUT2D eigenvalue weighted by atomic mass is 15.1. The maximum absolute atomic E-state index is 2.41. The van der Waals surface area contributed by atoms with Crippen LogP contribution < -0.4 is 4.90 Å². The summed E-state index contributed by atoms with van der Waals surface area (Å²) in [5.41, 5.74) is 21.8. The number of para-hydroxylation sites is 1. The van der Waals surface area contributed by atoms with Crippen molar-refractivity contribution in [3.63, 3.8) is 0 Å². The smallest absolute Gasteiger partial charge is 0.0540 e. The quantitative estimate of drug-likeness (QED) is 0.156. The lowest BCUT2D eigenvalue weighted by Crippen LogP contribution is -2.28. The highest BCUT2D eigenvalue weighted by Gasteiger charge is 2.43. The van der Waals surface area contributed by atoms with Gasteiger partial charge in [0.2, 0.25) is 0 Å². The topological polar surface area (TPSA) is 3.24 Å². The molecule has 1 nitrogen and oxygen atoms in total. The lowest BCUT2D eigenvalue weighted by Gasteiger charge is -2.44. The first kappa shape index (κ1) is 35.2. The molecule has 0 amide bonds. The Morgan fingerprint density at radius 2 is 0.754 bits per heavy atom. The Balaban J connectivity index is 1.05. The molecule has 0 N–H and O–H groups in total. The molecule has 0 saturated heterocycles. The summed E-state index contributed by atoms with van der Waals surface area (Å²) >= 11 is 0. The fraction of sp³-hybridized carbons (Fsp3) is 0.0333. The van der Waals surface area contributed by atoms with E-state index < -0.39 is 0 Å². The fourth-order valence-electron chi connectivity index (χ4n) is 10.4. The molecule has 0 saturated carbocycles. The third kappa shape index (κ3) is 5.77. The molecule has 0 spiro atoms. The van der Waals surface area contributed by atoms with Gasteiger partial charge in [-0.25, -0.2) is 0 Å². The zero-order valence-corrected chi connectivity index (χ0v) is 33.6. The van der Waals surface area contributed by atoms with Crippen LogP contribution in [0.4, 0.5) is 17.1 Å². The van der Waals surface area contributed by atoms with Gasteiger partial charge in [0.1, 0.15) is 0 Å². The second-order valence-corrected chi connectivity index (χ2v) is 16.3. The first-order valence-electron chi connectivity index (χ1n) is 21.3. The molecule has 10 aromatic carbocycles. The van der Waals surface area contributed by atoms with Crippen LogP contribution in [0.3, 0.4) is 0 Å². The van der Waals surface area contributed by atoms with Gasteiger partial charge in [-0.1, -0.05) is 200 Å². The molecule has 2 bridgehead atoms. The molecular weight excluding hydrogens is 735 g/mol. The summed E-state index contributed by atoms with van der Waals surface area (Å²) in [6, 6.07) is 87.2. The molecule has 0 fully saturated rings. The normalized spacial score (nSPS) is 14.6. The fourth-order valence-corrected chi connectivity index (χ4v) is 10.4. The summed E-state index contributed by atoms with van der Waals surface area (Å²) in [5.74, 6) is 0.277. The van der Waals surface area contributed by atoms with Gasteiger partial charge in [0.15, 0.2) is 0 Å². The average molecular weight is 776 g/mol. The van der Waals surface area contributed by atoms with Crippen molar-refractivity contribution >= 4 is 27.8 Å². The van der Waals surface area contributed by atoms with Gasteiger partial charge < -0.3 is 4.90 Å². The number of rotatable bonds is 7. The van der Waals surface area contributed by atoms with E-state index in [0.29, 0.717) is 0 Å². The molecule has 0 atom stereocenters. The van der Waals surface area contributed by atoms with E-state index in [1.54, 1.807) is 0 Å². The zero-order valence-electron chi connectivity index (χ0n) is 33.6. The average Bonchev–Trinajstić information content (AvgIpc) is 3.34. The van der Waals surface area contributed by atoms with Crippen molar-refractivity contribution in [2.45, 2.75) is 11.8 Å². The van der Waals surface area contributed by atoms with Crippen molar-refractivity contribution < 1.29 is 0 Å². The summed E-state index contributed by atoms with van der Waals surface area (Å²) in [4.78, 5) is 2.41. The van der Waals surface area contributed by atoms with E-state index >= 15 is 0 Å². The van der Waals surface area contributed by atoms with E-state index in [2.05, 4.69) is 241 Å². The van der Waals surface area contributed by atoms with Crippen LogP contribution in [0.2, 0.25) is 0 Å². The monoisotopic (exact) mass is 775 g/mol. The van der Waals surface area contributed by atoms with Crippen molar-refractivity contribution in [2.24, 2.45) is 0 Å². The van der Waals surface area contributed by atoms with E-state index in [0.717, 1.165) is 17.1 Å². The molecule has 3 aliphatic carbocycles.